The van der Waals surface area contributed by atoms with E-state index in [0.717, 1.165) is 23.1 Å². The van der Waals surface area contributed by atoms with Gasteiger partial charge in [0.05, 0.1) is 5.92 Å². The topological polar surface area (TPSA) is 17.1 Å². The number of rotatable bonds is 4. The summed E-state index contributed by atoms with van der Waals surface area (Å²) in [6.45, 7) is 0. The number of ketones is 1. The van der Waals surface area contributed by atoms with Crippen LogP contribution in [0.15, 0.2) is 103 Å². The van der Waals surface area contributed by atoms with Gasteiger partial charge in [0, 0.05) is 5.56 Å². The maximum absolute atomic E-state index is 13.6. The highest BCUT2D eigenvalue weighted by Crippen LogP contribution is 2.42. The molecule has 0 aliphatic heterocycles. The number of hydrogen-bond donors (Lipinski definition) is 0. The highest BCUT2D eigenvalue weighted by Gasteiger charge is 2.29. The van der Waals surface area contributed by atoms with Crippen LogP contribution >= 0.6 is 0 Å². The summed E-state index contributed by atoms with van der Waals surface area (Å²) < 4.78 is 0. The molecule has 1 atom stereocenters. The van der Waals surface area contributed by atoms with Gasteiger partial charge in [-0.1, -0.05) is 103 Å². The van der Waals surface area contributed by atoms with Gasteiger partial charge in [0.2, 0.25) is 0 Å². The van der Waals surface area contributed by atoms with E-state index in [2.05, 4.69) is 54.6 Å². The molecule has 1 unspecified atom stereocenters. The Bertz CT molecular complexity index is 1140. The molecule has 4 aromatic carbocycles. The lowest BCUT2D eigenvalue weighted by Crippen LogP contribution is -2.16. The van der Waals surface area contributed by atoms with Crippen molar-refractivity contribution >= 4 is 5.78 Å². The zero-order valence-corrected chi connectivity index (χ0v) is 15.5. The van der Waals surface area contributed by atoms with Crippen molar-refractivity contribution in [2.45, 2.75) is 12.3 Å². The second-order valence-corrected chi connectivity index (χ2v) is 7.28. The fourth-order valence-corrected chi connectivity index (χ4v) is 4.34. The molecule has 0 radical (unpaired) electrons. The van der Waals surface area contributed by atoms with E-state index in [1.54, 1.807) is 0 Å². The van der Waals surface area contributed by atoms with Crippen LogP contribution < -0.4 is 0 Å². The van der Waals surface area contributed by atoms with E-state index in [-0.39, 0.29) is 11.7 Å². The molecule has 134 valence electrons. The Balaban J connectivity index is 1.69. The van der Waals surface area contributed by atoms with E-state index in [1.165, 1.54) is 22.3 Å². The molecule has 0 spiro atoms. The van der Waals surface area contributed by atoms with Crippen molar-refractivity contribution < 1.29 is 4.79 Å². The third-order valence-electron chi connectivity index (χ3n) is 5.65. The van der Waals surface area contributed by atoms with Crippen LogP contribution in [-0.2, 0) is 6.42 Å². The number of hydrogen-bond acceptors (Lipinski definition) is 1. The van der Waals surface area contributed by atoms with Gasteiger partial charge in [-0.3, -0.25) is 4.79 Å². The molecule has 0 aromatic heterocycles. The lowest BCUT2D eigenvalue weighted by atomic mass is 9.81. The molecule has 1 nitrogen and oxygen atoms in total. The fraction of sp³-hybridized carbons (Fsp3) is 0.0741. The molecule has 0 bridgehead atoms. The Morgan fingerprint density at radius 2 is 1.29 bits per heavy atom. The predicted molar refractivity (Wildman–Crippen MR) is 114 cm³/mol. The summed E-state index contributed by atoms with van der Waals surface area (Å²) in [5, 5.41) is 0. The second kappa shape index (κ2) is 6.94. The lowest BCUT2D eigenvalue weighted by Gasteiger charge is -2.20. The first kappa shape index (κ1) is 16.7. The maximum Gasteiger partial charge on any atom is 0.174 e. The van der Waals surface area contributed by atoms with Crippen LogP contribution in [0.2, 0.25) is 0 Å². The lowest BCUT2D eigenvalue weighted by molar-refractivity contribution is 0.0973. The molecule has 0 saturated carbocycles. The van der Waals surface area contributed by atoms with Gasteiger partial charge in [-0.2, -0.15) is 0 Å². The minimum atomic E-state index is -0.298. The van der Waals surface area contributed by atoms with Crippen molar-refractivity contribution in [1.82, 2.24) is 0 Å². The number of fused-ring (bicyclic) bond motifs is 3. The van der Waals surface area contributed by atoms with Crippen LogP contribution in [0.3, 0.4) is 0 Å². The van der Waals surface area contributed by atoms with Crippen molar-refractivity contribution in [3.05, 3.63) is 131 Å². The first-order valence-corrected chi connectivity index (χ1v) is 9.67. The summed E-state index contributed by atoms with van der Waals surface area (Å²) in [6, 6.07) is 34.7. The standard InChI is InChI=1S/C27H20O/c28-27(20-12-5-2-6-13-20)26(19-10-3-1-4-11-19)24-17-9-16-23-22-15-8-7-14-21(22)18-25(23)24/h1-17,26H,18H2. The third-order valence-corrected chi connectivity index (χ3v) is 5.65. The minimum absolute atomic E-state index is 0.149. The number of Topliss-reactive ketones (excluding diaryl/α,β-unsaturated/α-hetero) is 1. The van der Waals surface area contributed by atoms with Gasteiger partial charge in [-0.15, -0.1) is 0 Å². The minimum Gasteiger partial charge on any atom is -0.293 e. The molecule has 4 aromatic rings. The molecule has 1 aliphatic carbocycles. The third kappa shape index (κ3) is 2.76. The van der Waals surface area contributed by atoms with Crippen LogP contribution in [0.5, 0.6) is 0 Å². The highest BCUT2D eigenvalue weighted by molar-refractivity contribution is 6.03. The number of benzene rings is 4. The van der Waals surface area contributed by atoms with Crippen molar-refractivity contribution in [2.75, 3.05) is 0 Å². The second-order valence-electron chi connectivity index (χ2n) is 7.28. The molecule has 0 amide bonds. The van der Waals surface area contributed by atoms with Crippen molar-refractivity contribution in [2.24, 2.45) is 0 Å². The van der Waals surface area contributed by atoms with Crippen LogP contribution in [0.1, 0.15) is 38.5 Å². The number of carbonyl (C=O) groups is 1. The zero-order valence-electron chi connectivity index (χ0n) is 15.5. The molecule has 28 heavy (non-hydrogen) atoms. The predicted octanol–water partition coefficient (Wildman–Crippen LogP) is 6.27. The van der Waals surface area contributed by atoms with Gasteiger partial charge in [-0.25, -0.2) is 0 Å². The Labute approximate surface area is 165 Å². The summed E-state index contributed by atoms with van der Waals surface area (Å²) >= 11 is 0. The molecule has 0 fully saturated rings. The molecule has 0 saturated heterocycles. The Kier molecular flexibility index (Phi) is 4.14. The average Bonchev–Trinajstić information content (AvgIpc) is 3.15. The quantitative estimate of drug-likeness (QED) is 0.345. The normalized spacial score (nSPS) is 12.9. The van der Waals surface area contributed by atoms with Gasteiger partial charge in [-0.05, 0) is 39.8 Å². The maximum atomic E-state index is 13.6. The largest absolute Gasteiger partial charge is 0.293 e. The van der Waals surface area contributed by atoms with E-state index < -0.39 is 0 Å². The molecular formula is C27H20O. The van der Waals surface area contributed by atoms with E-state index in [0.29, 0.717) is 0 Å². The Morgan fingerprint density at radius 1 is 0.643 bits per heavy atom. The van der Waals surface area contributed by atoms with Gasteiger partial charge >= 0.3 is 0 Å². The molecule has 5 rings (SSSR count). The SMILES string of the molecule is O=C(c1ccccc1)C(c1ccccc1)c1cccc2c1Cc1ccccc1-2. The molecule has 1 aliphatic rings. The first-order chi connectivity index (χ1) is 13.8. The van der Waals surface area contributed by atoms with Gasteiger partial charge in [0.1, 0.15) is 0 Å². The van der Waals surface area contributed by atoms with Gasteiger partial charge in [0.15, 0.2) is 5.78 Å². The smallest absolute Gasteiger partial charge is 0.174 e. The highest BCUT2D eigenvalue weighted by atomic mass is 16.1. The molecular weight excluding hydrogens is 340 g/mol. The molecule has 0 heterocycles. The van der Waals surface area contributed by atoms with E-state index in [1.807, 2.05) is 48.5 Å². The number of carbonyl (C=O) groups excluding carboxylic acids is 1. The molecule has 0 N–H and O–H groups in total. The van der Waals surface area contributed by atoms with Crippen molar-refractivity contribution in [1.29, 1.82) is 0 Å². The fourth-order valence-electron chi connectivity index (χ4n) is 4.34. The van der Waals surface area contributed by atoms with Crippen molar-refractivity contribution in [3.8, 4) is 11.1 Å². The summed E-state index contributed by atoms with van der Waals surface area (Å²) in [5.41, 5.74) is 8.08. The van der Waals surface area contributed by atoms with Gasteiger partial charge in [0.25, 0.3) is 0 Å². The van der Waals surface area contributed by atoms with Gasteiger partial charge < -0.3 is 0 Å². The Hall–Kier alpha value is -3.45. The van der Waals surface area contributed by atoms with E-state index >= 15 is 0 Å². The summed E-state index contributed by atoms with van der Waals surface area (Å²) in [5.74, 6) is -0.149. The summed E-state index contributed by atoms with van der Waals surface area (Å²) in [6.07, 6.45) is 0.882. The molecule has 1 heteroatoms. The van der Waals surface area contributed by atoms with Crippen LogP contribution in [0.4, 0.5) is 0 Å². The van der Waals surface area contributed by atoms with Crippen LogP contribution in [0.25, 0.3) is 11.1 Å². The zero-order chi connectivity index (χ0) is 18.9. The monoisotopic (exact) mass is 360 g/mol. The van der Waals surface area contributed by atoms with Crippen LogP contribution in [0, 0.1) is 0 Å². The van der Waals surface area contributed by atoms with Crippen LogP contribution in [-0.4, -0.2) is 5.78 Å². The van der Waals surface area contributed by atoms with E-state index in [4.69, 9.17) is 0 Å². The Morgan fingerprint density at radius 3 is 2.07 bits per heavy atom. The summed E-state index contributed by atoms with van der Waals surface area (Å²) in [7, 11) is 0. The van der Waals surface area contributed by atoms with Crippen molar-refractivity contribution in [3.63, 3.8) is 0 Å². The summed E-state index contributed by atoms with van der Waals surface area (Å²) in [4.78, 5) is 13.6. The van der Waals surface area contributed by atoms with E-state index in [9.17, 15) is 4.79 Å². The average molecular weight is 360 g/mol. The first-order valence-electron chi connectivity index (χ1n) is 9.67.